The molecular formula is C8H12N4O4S3. The molecule has 0 saturated carbocycles. The largest absolute Gasteiger partial charge is 0.310 e. The minimum absolute atomic E-state index is 0.0370. The van der Waals surface area contributed by atoms with E-state index in [1.165, 1.54) is 4.31 Å². The molecule has 1 aromatic heterocycles. The van der Waals surface area contributed by atoms with Crippen molar-refractivity contribution < 1.29 is 13.3 Å². The molecule has 3 N–H and O–H groups in total. The molecule has 0 amide bonds. The highest BCUT2D eigenvalue weighted by molar-refractivity contribution is 7.99. The third kappa shape index (κ3) is 2.84. The van der Waals surface area contributed by atoms with E-state index in [9.17, 15) is 18.5 Å². The molecule has 1 aromatic rings. The van der Waals surface area contributed by atoms with Gasteiger partial charge in [0.05, 0.1) is 4.92 Å². The molecule has 0 aromatic carbocycles. The van der Waals surface area contributed by atoms with Gasteiger partial charge in [-0.05, 0) is 0 Å². The first-order chi connectivity index (χ1) is 8.96. The first-order valence-electron chi connectivity index (χ1n) is 5.29. The Balaban J connectivity index is 2.37. The molecule has 1 aliphatic rings. The lowest BCUT2D eigenvalue weighted by Gasteiger charge is -2.24. The molecule has 0 bridgehead atoms. The van der Waals surface area contributed by atoms with Crippen LogP contribution in [-0.4, -0.2) is 42.2 Å². The Morgan fingerprint density at radius 2 is 2.05 bits per heavy atom. The summed E-state index contributed by atoms with van der Waals surface area (Å²) in [6, 6.07) is 1.05. The molecule has 1 saturated heterocycles. The van der Waals surface area contributed by atoms with Gasteiger partial charge in [0, 0.05) is 30.7 Å². The lowest BCUT2D eigenvalue weighted by molar-refractivity contribution is -0.383. The number of nitrogens with zero attached hydrogens (tertiary/aromatic N) is 2. The Kier molecular flexibility index (Phi) is 4.30. The number of nitrogens with two attached hydrogens (primary N) is 1. The average molecular weight is 324 g/mol. The van der Waals surface area contributed by atoms with Crippen molar-refractivity contribution in [2.24, 2.45) is 5.84 Å². The number of rotatable bonds is 4. The van der Waals surface area contributed by atoms with Gasteiger partial charge in [-0.25, -0.2) is 14.3 Å². The third-order valence-electron chi connectivity index (χ3n) is 2.58. The van der Waals surface area contributed by atoms with Crippen LogP contribution in [0, 0.1) is 10.1 Å². The first kappa shape index (κ1) is 14.5. The number of nitrogen functional groups attached to an aromatic ring is 1. The summed E-state index contributed by atoms with van der Waals surface area (Å²) >= 11 is 2.46. The Morgan fingerprint density at radius 1 is 1.42 bits per heavy atom. The fourth-order valence-electron chi connectivity index (χ4n) is 1.64. The lowest BCUT2D eigenvalue weighted by Crippen LogP contribution is -2.37. The lowest BCUT2D eigenvalue weighted by atomic mass is 10.5. The van der Waals surface area contributed by atoms with Crippen LogP contribution >= 0.6 is 23.1 Å². The van der Waals surface area contributed by atoms with Gasteiger partial charge in [0.15, 0.2) is 5.00 Å². The fraction of sp³-hybridized carbons (Fsp3) is 0.500. The van der Waals surface area contributed by atoms with E-state index in [2.05, 4.69) is 5.43 Å². The normalized spacial score (nSPS) is 17.3. The summed E-state index contributed by atoms with van der Waals surface area (Å²) in [6.07, 6.45) is 0. The average Bonchev–Trinajstić information content (AvgIpc) is 2.84. The van der Waals surface area contributed by atoms with Crippen molar-refractivity contribution in [1.82, 2.24) is 4.31 Å². The molecule has 106 valence electrons. The molecule has 0 aliphatic carbocycles. The maximum atomic E-state index is 12.3. The number of hydrogen-bond acceptors (Lipinski definition) is 8. The molecule has 19 heavy (non-hydrogen) atoms. The third-order valence-corrected chi connectivity index (χ3v) is 6.93. The zero-order chi connectivity index (χ0) is 14.0. The Bertz CT molecular complexity index is 579. The summed E-state index contributed by atoms with van der Waals surface area (Å²) < 4.78 is 25.9. The molecule has 0 atom stereocenters. The topological polar surface area (TPSA) is 119 Å². The summed E-state index contributed by atoms with van der Waals surface area (Å²) in [6.45, 7) is 0.841. The van der Waals surface area contributed by atoms with E-state index >= 15 is 0 Å². The van der Waals surface area contributed by atoms with Crippen molar-refractivity contribution in [2.75, 3.05) is 30.0 Å². The van der Waals surface area contributed by atoms with Crippen LogP contribution in [0.25, 0.3) is 0 Å². The molecule has 0 spiro atoms. The highest BCUT2D eigenvalue weighted by atomic mass is 32.2. The number of thiophene rings is 1. The highest BCUT2D eigenvalue weighted by Gasteiger charge is 2.31. The van der Waals surface area contributed by atoms with Gasteiger partial charge in [-0.1, -0.05) is 11.3 Å². The predicted molar refractivity (Wildman–Crippen MR) is 74.9 cm³/mol. The second-order valence-corrected chi connectivity index (χ2v) is 8.14. The molecule has 1 aliphatic heterocycles. The summed E-state index contributed by atoms with van der Waals surface area (Å²) in [5.41, 5.74) is 1.84. The molecular weight excluding hydrogens is 312 g/mol. The van der Waals surface area contributed by atoms with Gasteiger partial charge in [-0.15, -0.1) is 0 Å². The van der Waals surface area contributed by atoms with Crippen LogP contribution in [-0.2, 0) is 10.0 Å². The summed E-state index contributed by atoms with van der Waals surface area (Å²) in [5.74, 6) is 6.63. The van der Waals surface area contributed by atoms with Gasteiger partial charge in [-0.2, -0.15) is 16.1 Å². The van der Waals surface area contributed by atoms with E-state index in [0.29, 0.717) is 13.1 Å². The van der Waals surface area contributed by atoms with Gasteiger partial charge in [-0.3, -0.25) is 10.1 Å². The summed E-state index contributed by atoms with van der Waals surface area (Å²) in [4.78, 5) is 10.1. The van der Waals surface area contributed by atoms with Crippen molar-refractivity contribution in [3.05, 3.63) is 16.2 Å². The molecule has 1 fully saturated rings. The van der Waals surface area contributed by atoms with Crippen LogP contribution in [0.15, 0.2) is 10.3 Å². The van der Waals surface area contributed by atoms with E-state index in [0.717, 1.165) is 28.9 Å². The van der Waals surface area contributed by atoms with E-state index in [4.69, 9.17) is 5.84 Å². The summed E-state index contributed by atoms with van der Waals surface area (Å²) in [5, 5.41) is 10.8. The van der Waals surface area contributed by atoms with E-state index < -0.39 is 14.9 Å². The van der Waals surface area contributed by atoms with Crippen molar-refractivity contribution >= 4 is 43.8 Å². The number of thioether (sulfide) groups is 1. The van der Waals surface area contributed by atoms with Crippen LogP contribution in [0.5, 0.6) is 0 Å². The number of nitro groups is 1. The SMILES string of the molecule is NNc1sc(S(=O)(=O)N2CCSCC2)cc1[N+](=O)[O-]. The van der Waals surface area contributed by atoms with Crippen LogP contribution in [0.4, 0.5) is 10.7 Å². The predicted octanol–water partition coefficient (Wildman–Crippen LogP) is 0.679. The van der Waals surface area contributed by atoms with Gasteiger partial charge in [0.25, 0.3) is 10.0 Å². The standard InChI is InChI=1S/C8H12N4O4S3/c9-10-8-6(12(13)14)5-7(18-8)19(15,16)11-1-3-17-4-2-11/h5,10H,1-4,9H2. The van der Waals surface area contributed by atoms with Gasteiger partial charge < -0.3 is 5.43 Å². The summed E-state index contributed by atoms with van der Waals surface area (Å²) in [7, 11) is -3.67. The smallest absolute Gasteiger partial charge is 0.306 e. The second kappa shape index (κ2) is 5.63. The number of hydrazine groups is 1. The zero-order valence-corrected chi connectivity index (χ0v) is 12.2. The minimum atomic E-state index is -3.67. The van der Waals surface area contributed by atoms with Crippen molar-refractivity contribution in [3.63, 3.8) is 0 Å². The van der Waals surface area contributed by atoms with E-state index in [1.54, 1.807) is 11.8 Å². The van der Waals surface area contributed by atoms with Gasteiger partial charge >= 0.3 is 5.69 Å². The van der Waals surface area contributed by atoms with Gasteiger partial charge in [0.2, 0.25) is 0 Å². The number of anilines is 1. The molecule has 2 heterocycles. The molecule has 0 radical (unpaired) electrons. The molecule has 0 unspecified atom stereocenters. The monoisotopic (exact) mass is 324 g/mol. The quantitative estimate of drug-likeness (QED) is 0.475. The highest BCUT2D eigenvalue weighted by Crippen LogP contribution is 2.37. The molecule has 11 heteroatoms. The van der Waals surface area contributed by atoms with Gasteiger partial charge in [0.1, 0.15) is 4.21 Å². The fourth-order valence-corrected chi connectivity index (χ4v) is 5.61. The van der Waals surface area contributed by atoms with Crippen LogP contribution in [0.1, 0.15) is 0 Å². The zero-order valence-electron chi connectivity index (χ0n) is 9.74. The Morgan fingerprint density at radius 3 is 2.53 bits per heavy atom. The van der Waals surface area contributed by atoms with E-state index in [1.807, 2.05) is 0 Å². The maximum Gasteiger partial charge on any atom is 0.306 e. The van der Waals surface area contributed by atoms with Crippen LogP contribution in [0.2, 0.25) is 0 Å². The Labute approximate surface area is 118 Å². The van der Waals surface area contributed by atoms with E-state index in [-0.39, 0.29) is 14.9 Å². The van der Waals surface area contributed by atoms with Crippen molar-refractivity contribution in [3.8, 4) is 0 Å². The second-order valence-electron chi connectivity index (χ2n) is 3.70. The van der Waals surface area contributed by atoms with Crippen molar-refractivity contribution in [1.29, 1.82) is 0 Å². The Hall–Kier alpha value is -0.880. The molecule has 8 nitrogen and oxygen atoms in total. The number of nitrogens with one attached hydrogen (secondary N) is 1. The minimum Gasteiger partial charge on any atom is -0.310 e. The van der Waals surface area contributed by atoms with Crippen LogP contribution < -0.4 is 11.3 Å². The number of sulfonamides is 1. The number of hydrogen-bond donors (Lipinski definition) is 2. The molecule has 2 rings (SSSR count). The first-order valence-corrected chi connectivity index (χ1v) is 8.70. The van der Waals surface area contributed by atoms with Crippen LogP contribution in [0.3, 0.4) is 0 Å². The van der Waals surface area contributed by atoms with Crippen molar-refractivity contribution in [2.45, 2.75) is 4.21 Å². The maximum absolute atomic E-state index is 12.3.